The molecule has 0 atom stereocenters. The SMILES string of the molecule is C=CCSCCNS(=O)(=O)c1cn[nH]c1N. The maximum absolute atomic E-state index is 11.7. The van der Waals surface area contributed by atoms with E-state index in [1.807, 2.05) is 0 Å². The first-order valence-corrected chi connectivity index (χ1v) is 7.19. The van der Waals surface area contributed by atoms with Crippen LogP contribution in [-0.2, 0) is 10.0 Å². The summed E-state index contributed by atoms with van der Waals surface area (Å²) in [5.74, 6) is 1.53. The third-order valence-corrected chi connectivity index (χ3v) is 4.15. The Morgan fingerprint density at radius 3 is 3.00 bits per heavy atom. The van der Waals surface area contributed by atoms with Gasteiger partial charge in [-0.05, 0) is 0 Å². The van der Waals surface area contributed by atoms with Crippen molar-refractivity contribution < 1.29 is 8.42 Å². The molecule has 1 aromatic heterocycles. The minimum absolute atomic E-state index is 0.0128. The third kappa shape index (κ3) is 3.54. The summed E-state index contributed by atoms with van der Waals surface area (Å²) in [5, 5.41) is 5.93. The van der Waals surface area contributed by atoms with E-state index in [4.69, 9.17) is 5.73 Å². The van der Waals surface area contributed by atoms with E-state index in [2.05, 4.69) is 21.5 Å². The van der Waals surface area contributed by atoms with E-state index >= 15 is 0 Å². The highest BCUT2D eigenvalue weighted by Crippen LogP contribution is 2.13. The Bertz CT molecular complexity index is 441. The zero-order valence-corrected chi connectivity index (χ0v) is 10.3. The average Bonchev–Trinajstić information content (AvgIpc) is 2.65. The number of aromatic amines is 1. The van der Waals surface area contributed by atoms with E-state index in [0.29, 0.717) is 12.3 Å². The lowest BCUT2D eigenvalue weighted by molar-refractivity contribution is 0.584. The lowest BCUT2D eigenvalue weighted by atomic mass is 10.7. The quantitative estimate of drug-likeness (QED) is 0.481. The van der Waals surface area contributed by atoms with E-state index < -0.39 is 10.0 Å². The molecule has 0 radical (unpaired) electrons. The zero-order chi connectivity index (χ0) is 12.0. The van der Waals surface area contributed by atoms with Crippen molar-refractivity contribution in [3.8, 4) is 0 Å². The molecule has 1 aromatic rings. The van der Waals surface area contributed by atoms with Crippen molar-refractivity contribution in [1.29, 1.82) is 0 Å². The number of sulfonamides is 1. The van der Waals surface area contributed by atoms with Crippen molar-refractivity contribution >= 4 is 27.6 Å². The van der Waals surface area contributed by atoms with E-state index in [0.717, 1.165) is 5.75 Å². The molecule has 0 fully saturated rings. The van der Waals surface area contributed by atoms with Crippen LogP contribution in [0.25, 0.3) is 0 Å². The van der Waals surface area contributed by atoms with Crippen LogP contribution in [0.1, 0.15) is 0 Å². The number of rotatable bonds is 7. The van der Waals surface area contributed by atoms with E-state index in [9.17, 15) is 8.42 Å². The van der Waals surface area contributed by atoms with Crippen LogP contribution < -0.4 is 10.5 Å². The number of nitrogens with two attached hydrogens (primary N) is 1. The normalized spacial score (nSPS) is 11.5. The first-order chi connectivity index (χ1) is 7.58. The molecule has 0 unspecified atom stereocenters. The van der Waals surface area contributed by atoms with E-state index in [-0.39, 0.29) is 10.7 Å². The molecule has 0 amide bonds. The maximum Gasteiger partial charge on any atom is 0.245 e. The molecule has 1 rings (SSSR count). The highest BCUT2D eigenvalue weighted by molar-refractivity contribution is 7.99. The molecule has 8 heteroatoms. The van der Waals surface area contributed by atoms with Crippen molar-refractivity contribution in [2.24, 2.45) is 0 Å². The number of aromatic nitrogens is 2. The second-order valence-electron chi connectivity index (χ2n) is 2.91. The number of anilines is 1. The summed E-state index contributed by atoms with van der Waals surface area (Å²) in [6.07, 6.45) is 2.96. The van der Waals surface area contributed by atoms with Gasteiger partial charge < -0.3 is 5.73 Å². The van der Waals surface area contributed by atoms with Gasteiger partial charge in [-0.25, -0.2) is 13.1 Å². The van der Waals surface area contributed by atoms with Gasteiger partial charge >= 0.3 is 0 Å². The molecule has 0 aliphatic carbocycles. The van der Waals surface area contributed by atoms with Crippen LogP contribution in [0.15, 0.2) is 23.7 Å². The maximum atomic E-state index is 11.7. The minimum atomic E-state index is -3.54. The molecule has 0 saturated heterocycles. The van der Waals surface area contributed by atoms with Crippen molar-refractivity contribution in [2.45, 2.75) is 4.90 Å². The Morgan fingerprint density at radius 2 is 2.44 bits per heavy atom. The van der Waals surface area contributed by atoms with Crippen LogP contribution in [0.2, 0.25) is 0 Å². The van der Waals surface area contributed by atoms with Crippen LogP contribution in [-0.4, -0.2) is 36.7 Å². The van der Waals surface area contributed by atoms with Crippen molar-refractivity contribution in [2.75, 3.05) is 23.8 Å². The molecule has 4 N–H and O–H groups in total. The van der Waals surface area contributed by atoms with Gasteiger partial charge in [0.05, 0.1) is 6.20 Å². The minimum Gasteiger partial charge on any atom is -0.383 e. The number of nitrogen functional groups attached to an aromatic ring is 1. The number of H-pyrrole nitrogens is 1. The van der Waals surface area contributed by atoms with Crippen LogP contribution in [0.3, 0.4) is 0 Å². The predicted octanol–water partition coefficient (Wildman–Crippen LogP) is 0.189. The Labute approximate surface area is 98.7 Å². The fourth-order valence-electron chi connectivity index (χ4n) is 0.992. The monoisotopic (exact) mass is 262 g/mol. The number of nitrogens with zero attached hydrogens (tertiary/aromatic N) is 1. The fourth-order valence-corrected chi connectivity index (χ4v) is 2.75. The summed E-state index contributed by atoms with van der Waals surface area (Å²) in [7, 11) is -3.54. The number of hydrogen-bond donors (Lipinski definition) is 3. The average molecular weight is 262 g/mol. The van der Waals surface area contributed by atoms with Gasteiger partial charge in [0.25, 0.3) is 0 Å². The van der Waals surface area contributed by atoms with Crippen LogP contribution in [0, 0.1) is 0 Å². The Morgan fingerprint density at radius 1 is 1.69 bits per heavy atom. The summed E-state index contributed by atoms with van der Waals surface area (Å²) in [6, 6.07) is 0. The third-order valence-electron chi connectivity index (χ3n) is 1.70. The van der Waals surface area contributed by atoms with Gasteiger partial charge in [0.15, 0.2) is 0 Å². The summed E-state index contributed by atoms with van der Waals surface area (Å²) in [6.45, 7) is 3.92. The Kier molecular flexibility index (Phi) is 4.84. The largest absolute Gasteiger partial charge is 0.383 e. The standard InChI is InChI=1S/C8H14N4O2S2/c1-2-4-15-5-3-11-16(13,14)7-6-10-12-8(7)9/h2,6,11H,1,3-5H2,(H3,9,10,12). The predicted molar refractivity (Wildman–Crippen MR) is 65.7 cm³/mol. The Hall–Kier alpha value is -0.990. The summed E-state index contributed by atoms with van der Waals surface area (Å²) >= 11 is 1.60. The van der Waals surface area contributed by atoms with Crippen LogP contribution in [0.4, 0.5) is 5.82 Å². The molecule has 0 spiro atoms. The number of thioether (sulfide) groups is 1. The second kappa shape index (κ2) is 5.92. The van der Waals surface area contributed by atoms with E-state index in [1.54, 1.807) is 17.8 Å². The second-order valence-corrected chi connectivity index (χ2v) is 5.79. The van der Waals surface area contributed by atoms with Gasteiger partial charge in [-0.15, -0.1) is 6.58 Å². The van der Waals surface area contributed by atoms with Gasteiger partial charge in [-0.2, -0.15) is 16.9 Å². The molecule has 90 valence electrons. The topological polar surface area (TPSA) is 101 Å². The van der Waals surface area contributed by atoms with Gasteiger partial charge in [-0.1, -0.05) is 6.08 Å². The van der Waals surface area contributed by atoms with Crippen LogP contribution in [0.5, 0.6) is 0 Å². The molecular weight excluding hydrogens is 248 g/mol. The number of hydrogen-bond acceptors (Lipinski definition) is 5. The summed E-state index contributed by atoms with van der Waals surface area (Å²) in [5.41, 5.74) is 5.42. The molecule has 0 aliphatic rings. The molecule has 16 heavy (non-hydrogen) atoms. The van der Waals surface area contributed by atoms with Gasteiger partial charge in [0.2, 0.25) is 10.0 Å². The lowest BCUT2D eigenvalue weighted by Gasteiger charge is -2.04. The summed E-state index contributed by atoms with van der Waals surface area (Å²) in [4.78, 5) is -0.0128. The van der Waals surface area contributed by atoms with Crippen LogP contribution >= 0.6 is 11.8 Å². The number of nitrogens with one attached hydrogen (secondary N) is 2. The fraction of sp³-hybridized carbons (Fsp3) is 0.375. The molecule has 6 nitrogen and oxygen atoms in total. The summed E-state index contributed by atoms with van der Waals surface area (Å²) < 4.78 is 25.8. The lowest BCUT2D eigenvalue weighted by Crippen LogP contribution is -2.26. The van der Waals surface area contributed by atoms with Crippen molar-refractivity contribution in [1.82, 2.24) is 14.9 Å². The Balaban J connectivity index is 2.47. The van der Waals surface area contributed by atoms with Gasteiger partial charge in [0, 0.05) is 18.1 Å². The molecule has 0 aromatic carbocycles. The highest BCUT2D eigenvalue weighted by Gasteiger charge is 2.18. The molecule has 0 saturated carbocycles. The highest BCUT2D eigenvalue weighted by atomic mass is 32.2. The molecule has 0 aliphatic heterocycles. The molecule has 0 bridgehead atoms. The van der Waals surface area contributed by atoms with Crippen molar-refractivity contribution in [3.63, 3.8) is 0 Å². The molecular formula is C8H14N4O2S2. The van der Waals surface area contributed by atoms with Gasteiger partial charge in [0.1, 0.15) is 10.7 Å². The van der Waals surface area contributed by atoms with E-state index in [1.165, 1.54) is 6.20 Å². The first kappa shape index (κ1) is 13.1. The first-order valence-electron chi connectivity index (χ1n) is 4.55. The van der Waals surface area contributed by atoms with Gasteiger partial charge in [-0.3, -0.25) is 5.10 Å². The smallest absolute Gasteiger partial charge is 0.245 e. The molecule has 1 heterocycles. The zero-order valence-electron chi connectivity index (χ0n) is 8.64. The van der Waals surface area contributed by atoms with Crippen molar-refractivity contribution in [3.05, 3.63) is 18.9 Å².